The maximum Gasteiger partial charge on any atom is 0.289 e. The smallest absolute Gasteiger partial charge is 0.289 e. The van der Waals surface area contributed by atoms with Crippen molar-refractivity contribution >= 4 is 11.5 Å². The fraction of sp³-hybridized carbons (Fsp3) is 0.364. The first-order valence-electron chi connectivity index (χ1n) is 4.90. The van der Waals surface area contributed by atoms with E-state index in [0.29, 0.717) is 25.2 Å². The van der Waals surface area contributed by atoms with Crippen LogP contribution in [-0.4, -0.2) is 10.5 Å². The third-order valence-electron chi connectivity index (χ3n) is 2.28. The molecule has 5 heteroatoms. The summed E-state index contributed by atoms with van der Waals surface area (Å²) in [5.74, 6) is -0.784. The van der Waals surface area contributed by atoms with E-state index in [9.17, 15) is 9.90 Å². The van der Waals surface area contributed by atoms with Crippen LogP contribution >= 0.6 is 0 Å². The van der Waals surface area contributed by atoms with Crippen LogP contribution in [0.4, 0.5) is 0 Å². The third-order valence-corrected chi connectivity index (χ3v) is 2.28. The van der Waals surface area contributed by atoms with Gasteiger partial charge in [-0.2, -0.15) is 5.26 Å². The summed E-state index contributed by atoms with van der Waals surface area (Å²) in [4.78, 5) is 10.7. The SMILES string of the molecule is C=C(C(=O)[O-])c1n(C)cc[n+]1CCCC#N. The van der Waals surface area contributed by atoms with Crippen LogP contribution in [0.3, 0.4) is 0 Å². The second kappa shape index (κ2) is 5.12. The molecule has 1 rings (SSSR count). The fourth-order valence-electron chi connectivity index (χ4n) is 1.51. The largest absolute Gasteiger partial charge is 0.545 e. The number of aliphatic carboxylic acids is 1. The highest BCUT2D eigenvalue weighted by Crippen LogP contribution is 2.06. The lowest BCUT2D eigenvalue weighted by Crippen LogP contribution is -2.39. The average molecular weight is 219 g/mol. The first-order valence-corrected chi connectivity index (χ1v) is 4.90. The Kier molecular flexibility index (Phi) is 3.84. The van der Waals surface area contributed by atoms with Crippen molar-refractivity contribution in [1.82, 2.24) is 4.57 Å². The van der Waals surface area contributed by atoms with Gasteiger partial charge in [0.15, 0.2) is 0 Å². The Hall–Kier alpha value is -2.09. The van der Waals surface area contributed by atoms with Crippen LogP contribution in [0, 0.1) is 11.3 Å². The van der Waals surface area contributed by atoms with Crippen LogP contribution in [0.25, 0.3) is 5.57 Å². The molecule has 0 N–H and O–H groups in total. The molecular formula is C11H13N3O2. The van der Waals surface area contributed by atoms with Gasteiger partial charge in [0.1, 0.15) is 12.4 Å². The molecule has 1 heterocycles. The Labute approximate surface area is 93.9 Å². The Balaban J connectivity index is 2.90. The molecule has 0 saturated heterocycles. The van der Waals surface area contributed by atoms with Crippen molar-refractivity contribution in [2.45, 2.75) is 19.4 Å². The number of unbranched alkanes of at least 4 members (excludes halogenated alkanes) is 1. The molecule has 1 aromatic rings. The molecule has 0 radical (unpaired) electrons. The zero-order valence-electron chi connectivity index (χ0n) is 9.14. The van der Waals surface area contributed by atoms with Crippen LogP contribution in [0.5, 0.6) is 0 Å². The minimum Gasteiger partial charge on any atom is -0.545 e. The molecule has 0 bridgehead atoms. The van der Waals surface area contributed by atoms with Gasteiger partial charge in [-0.1, -0.05) is 6.58 Å². The van der Waals surface area contributed by atoms with Crippen molar-refractivity contribution in [2.24, 2.45) is 7.05 Å². The highest BCUT2D eigenvalue weighted by Gasteiger charge is 2.18. The van der Waals surface area contributed by atoms with E-state index in [1.54, 1.807) is 28.6 Å². The predicted octanol–water partition coefficient (Wildman–Crippen LogP) is -0.621. The molecule has 0 aliphatic rings. The molecule has 0 amide bonds. The topological polar surface area (TPSA) is 72.7 Å². The maximum atomic E-state index is 10.7. The van der Waals surface area contributed by atoms with Crippen LogP contribution in [0.2, 0.25) is 0 Å². The number of carbonyl (C=O) groups excluding carboxylic acids is 1. The number of aromatic nitrogens is 2. The molecule has 84 valence electrons. The van der Waals surface area contributed by atoms with Gasteiger partial charge >= 0.3 is 0 Å². The zero-order valence-corrected chi connectivity index (χ0v) is 9.14. The van der Waals surface area contributed by atoms with Gasteiger partial charge in [0.05, 0.1) is 31.2 Å². The quantitative estimate of drug-likeness (QED) is 0.376. The molecule has 1 aromatic heterocycles. The standard InChI is InChI=1S/C11H13N3O2/c1-9(11(15)16)10-13(2)7-8-14(10)6-4-3-5-12/h7-8H,1,3-4,6H2,2H3. The van der Waals surface area contributed by atoms with Crippen molar-refractivity contribution in [1.29, 1.82) is 5.26 Å². The van der Waals surface area contributed by atoms with Gasteiger partial charge in [-0.3, -0.25) is 0 Å². The molecule has 0 fully saturated rings. The lowest BCUT2D eigenvalue weighted by Gasteiger charge is -2.05. The number of hydrogen-bond donors (Lipinski definition) is 0. The van der Waals surface area contributed by atoms with Crippen molar-refractivity contribution in [3.8, 4) is 6.07 Å². The van der Waals surface area contributed by atoms with Gasteiger partial charge in [0, 0.05) is 6.42 Å². The molecule has 5 nitrogen and oxygen atoms in total. The lowest BCUT2D eigenvalue weighted by molar-refractivity contribution is -0.698. The molecule has 0 unspecified atom stereocenters. The molecule has 16 heavy (non-hydrogen) atoms. The van der Waals surface area contributed by atoms with E-state index in [1.807, 2.05) is 6.07 Å². The lowest BCUT2D eigenvalue weighted by atomic mass is 10.2. The number of aryl methyl sites for hydroxylation is 2. The third kappa shape index (κ3) is 2.48. The molecule has 0 aliphatic heterocycles. The van der Waals surface area contributed by atoms with Crippen molar-refractivity contribution in [2.75, 3.05) is 0 Å². The maximum absolute atomic E-state index is 10.7. The minimum absolute atomic E-state index is 0.0514. The van der Waals surface area contributed by atoms with Crippen LogP contribution < -0.4 is 9.67 Å². The Morgan fingerprint density at radius 2 is 2.44 bits per heavy atom. The summed E-state index contributed by atoms with van der Waals surface area (Å²) in [6.07, 6.45) is 4.63. The Morgan fingerprint density at radius 1 is 1.75 bits per heavy atom. The van der Waals surface area contributed by atoms with Gasteiger partial charge in [-0.25, -0.2) is 9.13 Å². The molecule has 0 atom stereocenters. The monoisotopic (exact) mass is 219 g/mol. The summed E-state index contributed by atoms with van der Waals surface area (Å²) >= 11 is 0. The van der Waals surface area contributed by atoms with E-state index in [0.717, 1.165) is 0 Å². The number of carbonyl (C=O) groups is 1. The molecule has 0 saturated carbocycles. The molecule has 0 aliphatic carbocycles. The number of imidazole rings is 1. The second-order valence-corrected chi connectivity index (χ2v) is 3.45. The fourth-order valence-corrected chi connectivity index (χ4v) is 1.51. The van der Waals surface area contributed by atoms with Crippen LogP contribution in [-0.2, 0) is 18.4 Å². The van der Waals surface area contributed by atoms with E-state index >= 15 is 0 Å². The highest BCUT2D eigenvalue weighted by molar-refractivity contribution is 6.11. The normalized spacial score (nSPS) is 9.75. The zero-order chi connectivity index (χ0) is 12.1. The first-order chi connectivity index (χ1) is 7.57. The van der Waals surface area contributed by atoms with Crippen molar-refractivity contribution in [3.05, 3.63) is 24.8 Å². The minimum atomic E-state index is -1.28. The first kappa shape index (κ1) is 12.0. The number of hydrogen-bond acceptors (Lipinski definition) is 3. The van der Waals surface area contributed by atoms with Gasteiger partial charge < -0.3 is 9.90 Å². The average Bonchev–Trinajstić information content (AvgIpc) is 2.59. The number of nitrogens with zero attached hydrogens (tertiary/aromatic N) is 3. The number of carboxylic acid groups (broad SMARTS) is 1. The van der Waals surface area contributed by atoms with Crippen molar-refractivity contribution < 1.29 is 14.5 Å². The van der Waals surface area contributed by atoms with Gasteiger partial charge in [-0.05, 0) is 6.42 Å². The summed E-state index contributed by atoms with van der Waals surface area (Å²) in [6.45, 7) is 4.07. The summed E-state index contributed by atoms with van der Waals surface area (Å²) in [7, 11) is 1.74. The summed E-state index contributed by atoms with van der Waals surface area (Å²) in [6, 6.07) is 2.04. The predicted molar refractivity (Wildman–Crippen MR) is 54.5 cm³/mol. The van der Waals surface area contributed by atoms with Gasteiger partial charge in [0.2, 0.25) is 0 Å². The summed E-state index contributed by atoms with van der Waals surface area (Å²) < 4.78 is 3.43. The van der Waals surface area contributed by atoms with Gasteiger partial charge in [-0.15, -0.1) is 0 Å². The molecule has 0 spiro atoms. The molecule has 0 aromatic carbocycles. The number of carboxylic acids is 1. The van der Waals surface area contributed by atoms with E-state index in [-0.39, 0.29) is 5.57 Å². The Morgan fingerprint density at radius 3 is 3.00 bits per heavy atom. The molecular weight excluding hydrogens is 206 g/mol. The van der Waals surface area contributed by atoms with Crippen molar-refractivity contribution in [3.63, 3.8) is 0 Å². The van der Waals surface area contributed by atoms with Crippen LogP contribution in [0.15, 0.2) is 19.0 Å². The van der Waals surface area contributed by atoms with Gasteiger partial charge in [0.25, 0.3) is 5.82 Å². The second-order valence-electron chi connectivity index (χ2n) is 3.45. The van der Waals surface area contributed by atoms with E-state index < -0.39 is 5.97 Å². The highest BCUT2D eigenvalue weighted by atomic mass is 16.4. The number of nitriles is 1. The summed E-state index contributed by atoms with van der Waals surface area (Å²) in [5, 5.41) is 19.2. The Bertz CT molecular complexity index is 454. The summed E-state index contributed by atoms with van der Waals surface area (Å²) in [5.41, 5.74) is -0.0514. The van der Waals surface area contributed by atoms with E-state index in [2.05, 4.69) is 6.58 Å². The van der Waals surface area contributed by atoms with E-state index in [4.69, 9.17) is 5.26 Å². The number of rotatable bonds is 5. The van der Waals surface area contributed by atoms with Crippen LogP contribution in [0.1, 0.15) is 18.7 Å². The van der Waals surface area contributed by atoms with E-state index in [1.165, 1.54) is 0 Å².